The molecule has 2 aliphatic rings. The van der Waals surface area contributed by atoms with Crippen LogP contribution in [0.4, 0.5) is 5.13 Å². The lowest BCUT2D eigenvalue weighted by Gasteiger charge is -2.26. The molecule has 1 saturated heterocycles. The molecule has 0 radical (unpaired) electrons. The van der Waals surface area contributed by atoms with Crippen LogP contribution >= 0.6 is 11.3 Å². The monoisotopic (exact) mass is 415 g/mol. The van der Waals surface area contributed by atoms with E-state index in [0.717, 1.165) is 42.4 Å². The summed E-state index contributed by atoms with van der Waals surface area (Å²) < 4.78 is 5.78. The number of aryl methyl sites for hydroxylation is 2. The Morgan fingerprint density at radius 1 is 1.17 bits per heavy atom. The lowest BCUT2D eigenvalue weighted by Crippen LogP contribution is -2.38. The third kappa shape index (κ3) is 5.56. The zero-order valence-electron chi connectivity index (χ0n) is 16.7. The molecule has 7 heteroatoms. The molecule has 0 saturated carbocycles. The molecule has 29 heavy (non-hydrogen) atoms. The molecule has 1 amide bonds. The van der Waals surface area contributed by atoms with Crippen molar-refractivity contribution in [3.63, 3.8) is 0 Å². The minimum absolute atomic E-state index is 0.0259. The molecule has 156 valence electrons. The smallest absolute Gasteiger partial charge is 0.240 e. The number of aliphatic hydroxyl groups is 1. The van der Waals surface area contributed by atoms with Gasteiger partial charge in [0, 0.05) is 11.4 Å². The molecule has 1 fully saturated rings. The van der Waals surface area contributed by atoms with E-state index in [1.54, 1.807) is 11.3 Å². The van der Waals surface area contributed by atoms with Crippen LogP contribution in [0.5, 0.6) is 5.75 Å². The van der Waals surface area contributed by atoms with E-state index in [2.05, 4.69) is 15.2 Å². The van der Waals surface area contributed by atoms with Gasteiger partial charge in [-0.05, 0) is 63.6 Å². The Morgan fingerprint density at radius 2 is 2.00 bits per heavy atom. The average molecular weight is 416 g/mol. The number of benzene rings is 1. The molecule has 2 aromatic rings. The molecule has 1 aromatic heterocycles. The number of hydrogen-bond acceptors (Lipinski definition) is 6. The SMILES string of the molecule is O=C(CN1CCCC(O)(COc2ccccc2)CC1)Nc1nc2c(s1)CCCC2. The summed E-state index contributed by atoms with van der Waals surface area (Å²) in [5, 5.41) is 14.6. The number of amides is 1. The van der Waals surface area contributed by atoms with Crippen LogP contribution in [-0.4, -0.2) is 52.7 Å². The Bertz CT molecular complexity index is 802. The summed E-state index contributed by atoms with van der Waals surface area (Å²) in [4.78, 5) is 20.5. The maximum Gasteiger partial charge on any atom is 0.240 e. The van der Waals surface area contributed by atoms with Gasteiger partial charge in [0.25, 0.3) is 0 Å². The fraction of sp³-hybridized carbons (Fsp3) is 0.545. The van der Waals surface area contributed by atoms with Crippen molar-refractivity contribution in [2.75, 3.05) is 31.6 Å². The first-order valence-corrected chi connectivity index (χ1v) is 11.3. The number of thiazole rings is 1. The van der Waals surface area contributed by atoms with Gasteiger partial charge < -0.3 is 15.2 Å². The van der Waals surface area contributed by atoms with Gasteiger partial charge in [-0.3, -0.25) is 9.69 Å². The first kappa shape index (κ1) is 20.3. The topological polar surface area (TPSA) is 74.7 Å². The van der Waals surface area contributed by atoms with Crippen molar-refractivity contribution in [2.24, 2.45) is 0 Å². The zero-order chi connectivity index (χ0) is 20.1. The van der Waals surface area contributed by atoms with Crippen LogP contribution in [0.2, 0.25) is 0 Å². The summed E-state index contributed by atoms with van der Waals surface area (Å²) in [6.45, 7) is 2.09. The van der Waals surface area contributed by atoms with E-state index < -0.39 is 5.60 Å². The van der Waals surface area contributed by atoms with Gasteiger partial charge in [-0.2, -0.15) is 0 Å². The van der Waals surface area contributed by atoms with E-state index in [1.807, 2.05) is 30.3 Å². The summed E-state index contributed by atoms with van der Waals surface area (Å²) in [5.41, 5.74) is 0.310. The van der Waals surface area contributed by atoms with Crippen molar-refractivity contribution in [1.82, 2.24) is 9.88 Å². The third-order valence-corrected chi connectivity index (χ3v) is 6.79. The van der Waals surface area contributed by atoms with Gasteiger partial charge in [0.1, 0.15) is 12.4 Å². The lowest BCUT2D eigenvalue weighted by molar-refractivity contribution is -0.117. The number of fused-ring (bicyclic) bond motifs is 1. The number of anilines is 1. The Kier molecular flexibility index (Phi) is 6.47. The highest BCUT2D eigenvalue weighted by atomic mass is 32.1. The predicted octanol–water partition coefficient (Wildman–Crippen LogP) is 3.26. The van der Waals surface area contributed by atoms with Gasteiger partial charge in [0.2, 0.25) is 5.91 Å². The third-order valence-electron chi connectivity index (χ3n) is 5.72. The molecule has 1 aliphatic carbocycles. The van der Waals surface area contributed by atoms with Crippen molar-refractivity contribution in [3.8, 4) is 5.75 Å². The minimum Gasteiger partial charge on any atom is -0.491 e. The molecule has 0 bridgehead atoms. The summed E-state index contributed by atoms with van der Waals surface area (Å²) in [6.07, 6.45) is 6.63. The number of ether oxygens (including phenoxy) is 1. The molecule has 1 aliphatic heterocycles. The van der Waals surface area contributed by atoms with Gasteiger partial charge in [-0.15, -0.1) is 11.3 Å². The first-order chi connectivity index (χ1) is 14.1. The summed E-state index contributed by atoms with van der Waals surface area (Å²) in [7, 11) is 0. The average Bonchev–Trinajstić information content (AvgIpc) is 3.04. The number of nitrogens with one attached hydrogen (secondary N) is 1. The van der Waals surface area contributed by atoms with Crippen molar-refractivity contribution >= 4 is 22.4 Å². The van der Waals surface area contributed by atoms with Crippen LogP contribution in [0.15, 0.2) is 30.3 Å². The molecule has 1 unspecified atom stereocenters. The van der Waals surface area contributed by atoms with Gasteiger partial charge in [-0.25, -0.2) is 4.98 Å². The van der Waals surface area contributed by atoms with Crippen LogP contribution in [0, 0.1) is 0 Å². The number of hydrogen-bond donors (Lipinski definition) is 2. The number of carbonyl (C=O) groups is 1. The molecule has 1 aromatic carbocycles. The molecule has 0 spiro atoms. The zero-order valence-corrected chi connectivity index (χ0v) is 17.5. The second-order valence-electron chi connectivity index (χ2n) is 8.10. The van der Waals surface area contributed by atoms with Crippen LogP contribution in [0.25, 0.3) is 0 Å². The van der Waals surface area contributed by atoms with Crippen LogP contribution in [0.1, 0.15) is 42.7 Å². The maximum absolute atomic E-state index is 12.5. The molecular formula is C22H29N3O3S. The number of carbonyl (C=O) groups excluding carboxylic acids is 1. The van der Waals surface area contributed by atoms with E-state index in [4.69, 9.17) is 4.74 Å². The van der Waals surface area contributed by atoms with E-state index in [-0.39, 0.29) is 12.5 Å². The van der Waals surface area contributed by atoms with E-state index >= 15 is 0 Å². The summed E-state index contributed by atoms with van der Waals surface area (Å²) in [5.74, 6) is 0.745. The quantitative estimate of drug-likeness (QED) is 0.758. The highest BCUT2D eigenvalue weighted by molar-refractivity contribution is 7.15. The second-order valence-corrected chi connectivity index (χ2v) is 9.18. The Balaban J connectivity index is 1.25. The summed E-state index contributed by atoms with van der Waals surface area (Å²) in [6, 6.07) is 9.58. The van der Waals surface area contributed by atoms with Gasteiger partial charge >= 0.3 is 0 Å². The van der Waals surface area contributed by atoms with E-state index in [9.17, 15) is 9.90 Å². The fourth-order valence-electron chi connectivity index (χ4n) is 4.04. The number of nitrogens with zero attached hydrogens (tertiary/aromatic N) is 2. The number of rotatable bonds is 6. The van der Waals surface area contributed by atoms with Gasteiger partial charge in [-0.1, -0.05) is 18.2 Å². The largest absolute Gasteiger partial charge is 0.491 e. The van der Waals surface area contributed by atoms with Crippen molar-refractivity contribution in [1.29, 1.82) is 0 Å². The van der Waals surface area contributed by atoms with E-state index in [1.165, 1.54) is 17.7 Å². The van der Waals surface area contributed by atoms with Crippen molar-refractivity contribution < 1.29 is 14.6 Å². The molecule has 4 rings (SSSR count). The minimum atomic E-state index is -0.852. The van der Waals surface area contributed by atoms with Crippen molar-refractivity contribution in [2.45, 2.75) is 50.5 Å². The van der Waals surface area contributed by atoms with Gasteiger partial charge in [0.05, 0.1) is 17.8 Å². The van der Waals surface area contributed by atoms with Crippen LogP contribution in [-0.2, 0) is 17.6 Å². The number of aromatic nitrogens is 1. The second kappa shape index (κ2) is 9.24. The molecule has 6 nitrogen and oxygen atoms in total. The molecule has 1 atom stereocenters. The van der Waals surface area contributed by atoms with E-state index in [0.29, 0.717) is 25.9 Å². The predicted molar refractivity (Wildman–Crippen MR) is 115 cm³/mol. The Labute approximate surface area is 175 Å². The highest BCUT2D eigenvalue weighted by Crippen LogP contribution is 2.29. The Morgan fingerprint density at radius 3 is 2.83 bits per heavy atom. The standard InChI is InChI=1S/C22H29N3O3S/c26-20(24-21-23-18-9-4-5-10-19(18)29-21)15-25-13-6-11-22(27,12-14-25)16-28-17-7-2-1-3-8-17/h1-3,7-8,27H,4-6,9-16H2,(H,23,24,26). The summed E-state index contributed by atoms with van der Waals surface area (Å²) >= 11 is 1.62. The molecular weight excluding hydrogens is 386 g/mol. The molecule has 2 N–H and O–H groups in total. The van der Waals surface area contributed by atoms with Gasteiger partial charge in [0.15, 0.2) is 5.13 Å². The molecule has 2 heterocycles. The van der Waals surface area contributed by atoms with Crippen molar-refractivity contribution in [3.05, 3.63) is 40.9 Å². The lowest BCUT2D eigenvalue weighted by atomic mass is 9.96. The number of likely N-dealkylation sites (tertiary alicyclic amines) is 1. The Hall–Kier alpha value is -1.96. The maximum atomic E-state index is 12.5. The fourth-order valence-corrected chi connectivity index (χ4v) is 5.10. The highest BCUT2D eigenvalue weighted by Gasteiger charge is 2.31. The normalized spacial score (nSPS) is 22.5. The number of para-hydroxylation sites is 1. The van der Waals surface area contributed by atoms with Crippen LogP contribution in [0.3, 0.4) is 0 Å². The van der Waals surface area contributed by atoms with Crippen LogP contribution < -0.4 is 10.1 Å². The first-order valence-electron chi connectivity index (χ1n) is 10.5.